The molecule has 0 aliphatic heterocycles. The molecule has 0 bridgehead atoms. The Morgan fingerprint density at radius 1 is 0.800 bits per heavy atom. The Morgan fingerprint density at radius 3 is 2.28 bits per heavy atom. The minimum atomic E-state index is 0.267. The van der Waals surface area contributed by atoms with E-state index in [0.717, 1.165) is 5.02 Å². The van der Waals surface area contributed by atoms with Crippen LogP contribution in [-0.4, -0.2) is 6.61 Å². The van der Waals surface area contributed by atoms with Gasteiger partial charge in [-0.25, -0.2) is 0 Å². The molecule has 0 spiro atoms. The van der Waals surface area contributed by atoms with Gasteiger partial charge in [0.2, 0.25) is 0 Å². The van der Waals surface area contributed by atoms with Crippen LogP contribution in [0.3, 0.4) is 0 Å². The molecule has 4 rings (SSSR count). The second-order valence-corrected chi connectivity index (χ2v) is 6.73. The van der Waals surface area contributed by atoms with Gasteiger partial charge in [-0.2, -0.15) is 0 Å². The third-order valence-corrected chi connectivity index (χ3v) is 4.83. The van der Waals surface area contributed by atoms with Crippen molar-refractivity contribution in [3.05, 3.63) is 112 Å². The van der Waals surface area contributed by atoms with Crippen molar-refractivity contribution < 1.29 is 4.74 Å². The fraction of sp³-hybridized carbons (Fsp3) is 0.130. The van der Waals surface area contributed by atoms with Crippen LogP contribution in [0.4, 0.5) is 0 Å². The zero-order chi connectivity index (χ0) is 17.1. The van der Waals surface area contributed by atoms with Crippen molar-refractivity contribution in [3.63, 3.8) is 0 Å². The molecular weight excluding hydrogens is 328 g/mol. The number of hydrogen-bond donors (Lipinski definition) is 0. The van der Waals surface area contributed by atoms with Crippen LogP contribution in [0, 0.1) is 0 Å². The molecule has 0 saturated carbocycles. The van der Waals surface area contributed by atoms with E-state index in [1.54, 1.807) is 0 Å². The topological polar surface area (TPSA) is 9.23 Å². The molecule has 124 valence electrons. The van der Waals surface area contributed by atoms with E-state index < -0.39 is 0 Å². The van der Waals surface area contributed by atoms with Crippen LogP contribution < -0.4 is 0 Å². The third kappa shape index (κ3) is 3.53. The van der Waals surface area contributed by atoms with E-state index >= 15 is 0 Å². The van der Waals surface area contributed by atoms with Gasteiger partial charge in [-0.15, -0.1) is 0 Å². The van der Waals surface area contributed by atoms with Gasteiger partial charge in [-0.1, -0.05) is 84.4 Å². The molecule has 1 aliphatic carbocycles. The van der Waals surface area contributed by atoms with E-state index in [1.807, 2.05) is 24.3 Å². The first kappa shape index (κ1) is 16.1. The first-order chi connectivity index (χ1) is 12.3. The van der Waals surface area contributed by atoms with Crippen LogP contribution in [0.15, 0.2) is 84.9 Å². The largest absolute Gasteiger partial charge is 0.372 e. The Balaban J connectivity index is 1.57. The molecule has 0 amide bonds. The van der Waals surface area contributed by atoms with Gasteiger partial charge in [-0.3, -0.25) is 0 Å². The summed E-state index contributed by atoms with van der Waals surface area (Å²) in [7, 11) is 0. The second kappa shape index (κ2) is 7.26. The first-order valence-corrected chi connectivity index (χ1v) is 8.86. The SMILES string of the molecule is Clc1ccc2c(c1)C(COCc1ccccc1)=CC2c1ccccc1. The molecule has 3 aromatic rings. The molecule has 2 heteroatoms. The number of allylic oxidation sites excluding steroid dienone is 1. The summed E-state index contributed by atoms with van der Waals surface area (Å²) >= 11 is 6.24. The quantitative estimate of drug-likeness (QED) is 0.543. The highest BCUT2D eigenvalue weighted by atomic mass is 35.5. The van der Waals surface area contributed by atoms with Crippen molar-refractivity contribution in [2.75, 3.05) is 6.61 Å². The summed E-state index contributed by atoms with van der Waals surface area (Å²) in [4.78, 5) is 0. The molecule has 25 heavy (non-hydrogen) atoms. The zero-order valence-corrected chi connectivity index (χ0v) is 14.6. The van der Waals surface area contributed by atoms with Gasteiger partial charge in [0, 0.05) is 10.9 Å². The molecule has 0 N–H and O–H groups in total. The van der Waals surface area contributed by atoms with Gasteiger partial charge in [0.25, 0.3) is 0 Å². The van der Waals surface area contributed by atoms with Crippen molar-refractivity contribution in [1.29, 1.82) is 0 Å². The fourth-order valence-corrected chi connectivity index (χ4v) is 3.55. The number of fused-ring (bicyclic) bond motifs is 1. The minimum absolute atomic E-state index is 0.267. The van der Waals surface area contributed by atoms with Gasteiger partial charge >= 0.3 is 0 Å². The van der Waals surface area contributed by atoms with Crippen LogP contribution in [0.1, 0.15) is 28.2 Å². The Morgan fingerprint density at radius 2 is 1.52 bits per heavy atom. The summed E-state index contributed by atoms with van der Waals surface area (Å²) in [5.74, 6) is 0.267. The maximum atomic E-state index is 6.24. The molecule has 1 atom stereocenters. The lowest BCUT2D eigenvalue weighted by atomic mass is 9.93. The average Bonchev–Trinajstić information content (AvgIpc) is 3.01. The molecule has 0 aromatic heterocycles. The highest BCUT2D eigenvalue weighted by molar-refractivity contribution is 6.30. The minimum Gasteiger partial charge on any atom is -0.372 e. The van der Waals surface area contributed by atoms with Gasteiger partial charge in [0.15, 0.2) is 0 Å². The molecule has 0 fully saturated rings. The van der Waals surface area contributed by atoms with Crippen molar-refractivity contribution in [3.8, 4) is 0 Å². The normalized spacial score (nSPS) is 15.7. The highest BCUT2D eigenvalue weighted by Gasteiger charge is 2.24. The van der Waals surface area contributed by atoms with Crippen LogP contribution in [0.5, 0.6) is 0 Å². The monoisotopic (exact) mass is 346 g/mol. The summed E-state index contributed by atoms with van der Waals surface area (Å²) < 4.78 is 5.97. The van der Waals surface area contributed by atoms with Crippen LogP contribution in [0.2, 0.25) is 5.02 Å². The Kier molecular flexibility index (Phi) is 4.69. The smallest absolute Gasteiger partial charge is 0.0724 e. The van der Waals surface area contributed by atoms with E-state index in [1.165, 1.54) is 27.8 Å². The standard InChI is InChI=1S/C23H19ClO/c24-20-11-12-21-22(18-9-5-2-6-10-18)13-19(23(21)14-20)16-25-15-17-7-3-1-4-8-17/h1-14,22H,15-16H2. The predicted octanol–water partition coefficient (Wildman–Crippen LogP) is 6.09. The molecule has 1 aliphatic rings. The van der Waals surface area contributed by atoms with Crippen molar-refractivity contribution in [2.45, 2.75) is 12.5 Å². The summed E-state index contributed by atoms with van der Waals surface area (Å²) in [5.41, 5.74) is 6.20. The predicted molar refractivity (Wildman–Crippen MR) is 104 cm³/mol. The lowest BCUT2D eigenvalue weighted by Gasteiger charge is -2.11. The van der Waals surface area contributed by atoms with Gasteiger partial charge in [-0.05, 0) is 40.0 Å². The number of ether oxygens (including phenoxy) is 1. The summed E-state index contributed by atoms with van der Waals surface area (Å²) in [6.07, 6.45) is 2.31. The van der Waals surface area contributed by atoms with Crippen molar-refractivity contribution >= 4 is 17.2 Å². The number of benzene rings is 3. The second-order valence-electron chi connectivity index (χ2n) is 6.29. The Labute approximate surface area is 153 Å². The molecular formula is C23H19ClO. The van der Waals surface area contributed by atoms with Crippen LogP contribution >= 0.6 is 11.6 Å². The third-order valence-electron chi connectivity index (χ3n) is 4.59. The average molecular weight is 347 g/mol. The number of rotatable bonds is 5. The number of hydrogen-bond acceptors (Lipinski definition) is 1. The van der Waals surface area contributed by atoms with E-state index in [4.69, 9.17) is 16.3 Å². The van der Waals surface area contributed by atoms with E-state index in [-0.39, 0.29) is 5.92 Å². The number of halogens is 1. The van der Waals surface area contributed by atoms with Crippen LogP contribution in [0.25, 0.3) is 5.57 Å². The summed E-state index contributed by atoms with van der Waals surface area (Å²) in [5, 5.41) is 0.765. The van der Waals surface area contributed by atoms with E-state index in [9.17, 15) is 0 Å². The highest BCUT2D eigenvalue weighted by Crippen LogP contribution is 2.41. The first-order valence-electron chi connectivity index (χ1n) is 8.48. The van der Waals surface area contributed by atoms with E-state index in [0.29, 0.717) is 13.2 Å². The van der Waals surface area contributed by atoms with Crippen molar-refractivity contribution in [2.24, 2.45) is 0 Å². The molecule has 0 saturated heterocycles. The molecule has 3 aromatic carbocycles. The molecule has 0 heterocycles. The van der Waals surface area contributed by atoms with Crippen LogP contribution in [-0.2, 0) is 11.3 Å². The fourth-order valence-electron chi connectivity index (χ4n) is 3.37. The zero-order valence-electron chi connectivity index (χ0n) is 13.9. The molecule has 1 unspecified atom stereocenters. The van der Waals surface area contributed by atoms with Crippen molar-refractivity contribution in [1.82, 2.24) is 0 Å². The van der Waals surface area contributed by atoms with Gasteiger partial charge in [0.05, 0.1) is 13.2 Å². The maximum Gasteiger partial charge on any atom is 0.0724 e. The Hall–Kier alpha value is -2.35. The molecule has 0 radical (unpaired) electrons. The Bertz CT molecular complexity index is 884. The lowest BCUT2D eigenvalue weighted by Crippen LogP contribution is -1.98. The van der Waals surface area contributed by atoms with E-state index in [2.05, 4.69) is 60.7 Å². The van der Waals surface area contributed by atoms with Gasteiger partial charge < -0.3 is 4.74 Å². The summed E-state index contributed by atoms with van der Waals surface area (Å²) in [6, 6.07) is 27.0. The molecule has 1 nitrogen and oxygen atoms in total. The van der Waals surface area contributed by atoms with Gasteiger partial charge in [0.1, 0.15) is 0 Å². The lowest BCUT2D eigenvalue weighted by molar-refractivity contribution is 0.153. The summed E-state index contributed by atoms with van der Waals surface area (Å²) in [6.45, 7) is 1.20. The maximum absolute atomic E-state index is 6.24.